The van der Waals surface area contributed by atoms with Crippen molar-refractivity contribution < 1.29 is 28.7 Å². The van der Waals surface area contributed by atoms with E-state index in [2.05, 4.69) is 10.6 Å². The lowest BCUT2D eigenvalue weighted by molar-refractivity contribution is -0.143. The van der Waals surface area contributed by atoms with Gasteiger partial charge in [-0.05, 0) is 63.0 Å². The topological polar surface area (TPSA) is 122 Å². The first-order chi connectivity index (χ1) is 19.2. The number of amides is 3. The molecule has 5 rings (SSSR count). The Morgan fingerprint density at radius 3 is 2.20 bits per heavy atom. The minimum Gasteiger partial charge on any atom is -0.444 e. The standard InChI is InChI=1S/C30H37Cl2N3O6/c1-15(36)25(37)21(11-16-9-10-16)33-26(38)24-22-20(30(22,31)32)14-35(24)27(39)23(34-28(40)41-29(2,3)4)19-12-17-7-5-6-8-18(17)13-19/h5-8,16,19-24H,9-14H2,1-4H3,(H,33,38)(H,34,40)/t20-,21?,22-,23-,24-/m0/s1. The summed E-state index contributed by atoms with van der Waals surface area (Å²) in [6, 6.07) is 4.91. The van der Waals surface area contributed by atoms with Gasteiger partial charge < -0.3 is 20.3 Å². The highest BCUT2D eigenvalue weighted by Crippen LogP contribution is 2.65. The number of hydrogen-bond acceptors (Lipinski definition) is 6. The normalized spacial score (nSPS) is 25.9. The van der Waals surface area contributed by atoms with E-state index in [0.29, 0.717) is 19.3 Å². The second-order valence-corrected chi connectivity index (χ2v) is 14.4. The molecule has 0 bridgehead atoms. The van der Waals surface area contributed by atoms with Crippen molar-refractivity contribution >= 4 is 52.7 Å². The average Bonchev–Trinajstić information content (AvgIpc) is 3.63. The molecule has 1 unspecified atom stereocenters. The number of alkyl carbamates (subject to hydrolysis) is 1. The van der Waals surface area contributed by atoms with Crippen molar-refractivity contribution in [1.29, 1.82) is 0 Å². The molecule has 4 aliphatic rings. The lowest BCUT2D eigenvalue weighted by Gasteiger charge is -2.35. The Morgan fingerprint density at radius 1 is 1.05 bits per heavy atom. The number of carbonyl (C=O) groups is 5. The van der Waals surface area contributed by atoms with Crippen LogP contribution in [-0.2, 0) is 36.8 Å². The number of Topliss-reactive ketones (excluding diaryl/α,β-unsaturated/α-hetero) is 2. The molecule has 1 saturated heterocycles. The zero-order chi connectivity index (χ0) is 29.9. The SMILES string of the molecule is CC(=O)C(=O)C(CC1CC1)NC(=O)[C@@H]1[C@@H]2[C@H](CN1C(=O)[C@@H](NC(=O)OC(C)(C)C)C1Cc3ccccc3C1)C2(Cl)Cl. The van der Waals surface area contributed by atoms with Gasteiger partial charge in [-0.3, -0.25) is 19.2 Å². The molecular weight excluding hydrogens is 569 g/mol. The highest BCUT2D eigenvalue weighted by molar-refractivity contribution is 6.51. The smallest absolute Gasteiger partial charge is 0.408 e. The summed E-state index contributed by atoms with van der Waals surface area (Å²) in [6.45, 7) is 6.54. The van der Waals surface area contributed by atoms with E-state index in [1.165, 1.54) is 11.8 Å². The molecule has 0 aromatic heterocycles. The Morgan fingerprint density at radius 2 is 1.66 bits per heavy atom. The predicted molar refractivity (Wildman–Crippen MR) is 152 cm³/mol. The molecule has 9 nitrogen and oxygen atoms in total. The molecule has 0 spiro atoms. The van der Waals surface area contributed by atoms with Crippen LogP contribution in [0.3, 0.4) is 0 Å². The van der Waals surface area contributed by atoms with E-state index in [9.17, 15) is 24.0 Å². The number of ether oxygens (including phenoxy) is 1. The van der Waals surface area contributed by atoms with Crippen molar-refractivity contribution in [2.45, 2.75) is 87.9 Å². The Balaban J connectivity index is 1.39. The van der Waals surface area contributed by atoms with Gasteiger partial charge in [-0.25, -0.2) is 4.79 Å². The van der Waals surface area contributed by atoms with Gasteiger partial charge in [-0.2, -0.15) is 0 Å². The van der Waals surface area contributed by atoms with Crippen molar-refractivity contribution in [1.82, 2.24) is 15.5 Å². The van der Waals surface area contributed by atoms with Crippen LogP contribution in [0.25, 0.3) is 0 Å². The first kappa shape index (κ1) is 29.8. The summed E-state index contributed by atoms with van der Waals surface area (Å²) in [5, 5.41) is 5.55. The minimum atomic E-state index is -1.19. The third kappa shape index (κ3) is 6.26. The Kier molecular flexibility index (Phi) is 7.92. The van der Waals surface area contributed by atoms with Gasteiger partial charge in [0.2, 0.25) is 17.6 Å². The van der Waals surface area contributed by atoms with Gasteiger partial charge >= 0.3 is 6.09 Å². The molecule has 1 aromatic carbocycles. The average molecular weight is 607 g/mol. The maximum atomic E-state index is 14.3. The van der Waals surface area contributed by atoms with Crippen LogP contribution in [0.2, 0.25) is 0 Å². The summed E-state index contributed by atoms with van der Waals surface area (Å²) >= 11 is 13.0. The maximum Gasteiger partial charge on any atom is 0.408 e. The van der Waals surface area contributed by atoms with Crippen LogP contribution in [0.4, 0.5) is 4.79 Å². The Hall–Kier alpha value is -2.65. The molecule has 1 heterocycles. The summed E-state index contributed by atoms with van der Waals surface area (Å²) < 4.78 is 4.30. The first-order valence-corrected chi connectivity index (χ1v) is 15.0. The monoisotopic (exact) mass is 605 g/mol. The zero-order valence-corrected chi connectivity index (χ0v) is 25.3. The van der Waals surface area contributed by atoms with E-state index in [1.807, 2.05) is 24.3 Å². The number of benzene rings is 1. The molecule has 2 saturated carbocycles. The van der Waals surface area contributed by atoms with Crippen molar-refractivity contribution in [3.05, 3.63) is 35.4 Å². The molecule has 11 heteroatoms. The lowest BCUT2D eigenvalue weighted by atomic mass is 9.94. The van der Waals surface area contributed by atoms with Crippen LogP contribution in [0, 0.1) is 23.7 Å². The zero-order valence-electron chi connectivity index (χ0n) is 23.7. The number of fused-ring (bicyclic) bond motifs is 2. The van der Waals surface area contributed by atoms with E-state index in [0.717, 1.165) is 24.0 Å². The molecule has 2 N–H and O–H groups in total. The van der Waals surface area contributed by atoms with Crippen LogP contribution in [0.15, 0.2) is 24.3 Å². The van der Waals surface area contributed by atoms with Gasteiger partial charge in [0, 0.05) is 25.3 Å². The van der Waals surface area contributed by atoms with Crippen LogP contribution in [0.5, 0.6) is 0 Å². The predicted octanol–water partition coefficient (Wildman–Crippen LogP) is 3.37. The number of nitrogens with one attached hydrogen (secondary N) is 2. The summed E-state index contributed by atoms with van der Waals surface area (Å²) in [5.74, 6) is -3.15. The maximum absolute atomic E-state index is 14.3. The molecule has 1 aromatic rings. The number of alkyl halides is 2. The molecule has 41 heavy (non-hydrogen) atoms. The van der Waals surface area contributed by atoms with E-state index >= 15 is 0 Å². The molecule has 1 aliphatic heterocycles. The summed E-state index contributed by atoms with van der Waals surface area (Å²) in [5.41, 5.74) is 1.43. The van der Waals surface area contributed by atoms with Gasteiger partial charge in [-0.1, -0.05) is 37.1 Å². The summed E-state index contributed by atoms with van der Waals surface area (Å²) in [4.78, 5) is 66.9. The van der Waals surface area contributed by atoms with Crippen LogP contribution in [0.1, 0.15) is 58.1 Å². The number of piperidine rings is 1. The largest absolute Gasteiger partial charge is 0.444 e. The van der Waals surface area contributed by atoms with Gasteiger partial charge in [0.25, 0.3) is 0 Å². The van der Waals surface area contributed by atoms with E-state index in [-0.39, 0.29) is 24.3 Å². The fourth-order valence-electron chi connectivity index (χ4n) is 6.38. The molecule has 0 radical (unpaired) electrons. The second kappa shape index (κ2) is 10.9. The number of likely N-dealkylation sites (tertiary alicyclic amines) is 1. The van der Waals surface area contributed by atoms with E-state index < -0.39 is 63.5 Å². The molecular formula is C30H37Cl2N3O6. The summed E-state index contributed by atoms with van der Waals surface area (Å²) in [6.07, 6.45) is 2.67. The molecule has 222 valence electrons. The third-order valence-electron chi connectivity index (χ3n) is 8.62. The van der Waals surface area contributed by atoms with Crippen molar-refractivity contribution in [3.63, 3.8) is 0 Å². The number of rotatable bonds is 9. The lowest BCUT2D eigenvalue weighted by Crippen LogP contribution is -2.59. The molecule has 3 aliphatic carbocycles. The van der Waals surface area contributed by atoms with Crippen LogP contribution >= 0.6 is 23.2 Å². The molecule has 3 amide bonds. The van der Waals surface area contributed by atoms with Crippen molar-refractivity contribution in [2.75, 3.05) is 6.54 Å². The highest BCUT2D eigenvalue weighted by Gasteiger charge is 2.74. The minimum absolute atomic E-state index is 0.134. The van der Waals surface area contributed by atoms with Gasteiger partial charge in [0.15, 0.2) is 5.78 Å². The van der Waals surface area contributed by atoms with Crippen LogP contribution < -0.4 is 10.6 Å². The Bertz CT molecular complexity index is 1250. The second-order valence-electron chi connectivity index (χ2n) is 13.0. The van der Waals surface area contributed by atoms with Crippen molar-refractivity contribution in [2.24, 2.45) is 23.7 Å². The van der Waals surface area contributed by atoms with Gasteiger partial charge in [-0.15, -0.1) is 23.2 Å². The fourth-order valence-corrected chi connectivity index (χ4v) is 7.20. The van der Waals surface area contributed by atoms with Crippen molar-refractivity contribution in [3.8, 4) is 0 Å². The first-order valence-electron chi connectivity index (χ1n) is 14.3. The van der Waals surface area contributed by atoms with E-state index in [4.69, 9.17) is 27.9 Å². The molecule has 3 fully saturated rings. The number of halogens is 2. The Labute approximate surface area is 250 Å². The third-order valence-corrected chi connectivity index (χ3v) is 9.69. The number of ketones is 2. The number of hydrogen-bond donors (Lipinski definition) is 2. The van der Waals surface area contributed by atoms with E-state index in [1.54, 1.807) is 20.8 Å². The summed E-state index contributed by atoms with van der Waals surface area (Å²) in [7, 11) is 0. The number of carbonyl (C=O) groups excluding carboxylic acids is 5. The highest BCUT2D eigenvalue weighted by atomic mass is 35.5. The van der Waals surface area contributed by atoms with Crippen LogP contribution in [-0.4, -0.2) is 69.0 Å². The van der Waals surface area contributed by atoms with Gasteiger partial charge in [0.1, 0.15) is 22.0 Å². The quantitative estimate of drug-likeness (QED) is 0.329. The number of nitrogens with zero attached hydrogens (tertiary/aromatic N) is 1. The fraction of sp³-hybridized carbons (Fsp3) is 0.633. The molecule has 5 atom stereocenters. The van der Waals surface area contributed by atoms with Gasteiger partial charge in [0.05, 0.1) is 6.04 Å².